The van der Waals surface area contributed by atoms with Crippen molar-refractivity contribution in [1.82, 2.24) is 0 Å². The molecule has 0 amide bonds. The van der Waals surface area contributed by atoms with E-state index in [1.54, 1.807) is 0 Å². The van der Waals surface area contributed by atoms with Gasteiger partial charge >= 0.3 is 8.05 Å². The molecule has 0 aliphatic heterocycles. The molecule has 0 fully saturated rings. The van der Waals surface area contributed by atoms with E-state index >= 15 is 0 Å². The third-order valence-electron chi connectivity index (χ3n) is 0.298. The van der Waals surface area contributed by atoms with E-state index in [0.29, 0.717) is 0 Å². The molecule has 0 aliphatic rings. The van der Waals surface area contributed by atoms with Crippen LogP contribution in [0, 0.1) is 0 Å². The van der Waals surface area contributed by atoms with Crippen LogP contribution in [-0.4, -0.2) is 20.2 Å². The van der Waals surface area contributed by atoms with Gasteiger partial charge in [0.2, 0.25) is 0 Å². The summed E-state index contributed by atoms with van der Waals surface area (Å²) in [6, 6.07) is 0. The molecule has 1 unspecified atom stereocenters. The minimum Gasteiger partial charge on any atom is -0.543 e. The number of rotatable bonds is 1. The Bertz CT molecular complexity index is 49.5. The molecular formula is C2H4BO2P. The molecule has 0 saturated carbocycles. The van der Waals surface area contributed by atoms with Gasteiger partial charge in [-0.3, -0.25) is 4.79 Å². The van der Waals surface area contributed by atoms with Gasteiger partial charge in [0.15, 0.2) is 0 Å². The molecule has 0 rings (SSSR count). The van der Waals surface area contributed by atoms with Crippen LogP contribution in [0.1, 0.15) is 0 Å². The fourth-order valence-corrected chi connectivity index (χ4v) is 0.144. The van der Waals surface area contributed by atoms with Gasteiger partial charge in [-0.1, -0.05) is 0 Å². The summed E-state index contributed by atoms with van der Waals surface area (Å²) < 4.78 is 3.74. The first kappa shape index (κ1) is 5.96. The summed E-state index contributed by atoms with van der Waals surface area (Å²) in [5.41, 5.74) is 0. The molecule has 0 bridgehead atoms. The van der Waals surface area contributed by atoms with Gasteiger partial charge in [-0.05, 0) is 0 Å². The molecule has 32 valence electrons. The average Bonchev–Trinajstić information content (AvgIpc) is 1.65. The lowest BCUT2D eigenvalue weighted by atomic mass is 10.6. The number of hydrogen-bond acceptors (Lipinski definition) is 2. The maximum absolute atomic E-state index is 9.81. The van der Waals surface area contributed by atoms with Crippen molar-refractivity contribution < 1.29 is 9.45 Å². The second kappa shape index (κ2) is 3.17. The van der Waals surface area contributed by atoms with Crippen molar-refractivity contribution in [3.05, 3.63) is 0 Å². The van der Waals surface area contributed by atoms with Crippen molar-refractivity contribution in [2.45, 2.75) is 0 Å². The van der Waals surface area contributed by atoms with Crippen molar-refractivity contribution >= 4 is 23.3 Å². The monoisotopic (exact) mass is 102 g/mol. The molecule has 0 heterocycles. The summed E-state index contributed by atoms with van der Waals surface area (Å²) >= 11 is 0. The van der Waals surface area contributed by atoms with Crippen LogP contribution in [0.4, 0.5) is 0 Å². The molecule has 0 aromatic heterocycles. The highest BCUT2D eigenvalue weighted by Gasteiger charge is 1.87. The summed E-state index contributed by atoms with van der Waals surface area (Å²) in [4.78, 5) is 9.81. The topological polar surface area (TPSA) is 26.3 Å². The highest BCUT2D eigenvalue weighted by atomic mass is 31.0. The molecular weight excluding hydrogens is 97.8 g/mol. The molecule has 2 radical (unpaired) electrons. The Morgan fingerprint density at radius 1 is 2.00 bits per heavy atom. The van der Waals surface area contributed by atoms with E-state index in [0.717, 1.165) is 0 Å². The van der Waals surface area contributed by atoms with Gasteiger partial charge in [0.25, 0.3) is 5.97 Å². The fourth-order valence-electron chi connectivity index (χ4n) is 0.0481. The van der Waals surface area contributed by atoms with Crippen molar-refractivity contribution in [3.8, 4) is 0 Å². The van der Waals surface area contributed by atoms with E-state index in [2.05, 4.69) is 21.9 Å². The van der Waals surface area contributed by atoms with Gasteiger partial charge in [-0.2, -0.15) is 0 Å². The molecule has 6 heavy (non-hydrogen) atoms. The third kappa shape index (κ3) is 2.22. The molecule has 0 spiro atoms. The van der Waals surface area contributed by atoms with E-state index < -0.39 is 5.97 Å². The summed E-state index contributed by atoms with van der Waals surface area (Å²) in [5.74, 6) is -0.417. The SMILES string of the molecule is [B]OC(=O)CP. The summed E-state index contributed by atoms with van der Waals surface area (Å²) in [7, 11) is 6.60. The van der Waals surface area contributed by atoms with Crippen LogP contribution in [0.2, 0.25) is 0 Å². The van der Waals surface area contributed by atoms with Gasteiger partial charge in [0, 0.05) is 0 Å². The van der Waals surface area contributed by atoms with Gasteiger partial charge < -0.3 is 4.65 Å². The summed E-state index contributed by atoms with van der Waals surface area (Å²) in [6.07, 6.45) is 0.260. The van der Waals surface area contributed by atoms with Crippen molar-refractivity contribution in [2.75, 3.05) is 6.16 Å². The molecule has 0 saturated heterocycles. The molecule has 0 aromatic rings. The van der Waals surface area contributed by atoms with Crippen LogP contribution in [0.5, 0.6) is 0 Å². The highest BCUT2D eigenvalue weighted by molar-refractivity contribution is 7.18. The Labute approximate surface area is 39.9 Å². The van der Waals surface area contributed by atoms with E-state index in [-0.39, 0.29) is 6.16 Å². The fraction of sp³-hybridized carbons (Fsp3) is 0.500. The average molecular weight is 102 g/mol. The third-order valence-corrected chi connectivity index (χ3v) is 0.631. The minimum absolute atomic E-state index is 0.260. The lowest BCUT2D eigenvalue weighted by molar-refractivity contribution is -0.131. The highest BCUT2D eigenvalue weighted by Crippen LogP contribution is 1.79. The Kier molecular flexibility index (Phi) is 3.15. The van der Waals surface area contributed by atoms with Crippen LogP contribution in [0.15, 0.2) is 0 Å². The Hall–Kier alpha value is -0.0351. The van der Waals surface area contributed by atoms with Gasteiger partial charge in [-0.15, -0.1) is 9.24 Å². The molecule has 1 atom stereocenters. The van der Waals surface area contributed by atoms with Crippen LogP contribution >= 0.6 is 9.24 Å². The first-order valence-corrected chi connectivity index (χ1v) is 2.22. The van der Waals surface area contributed by atoms with Crippen LogP contribution < -0.4 is 0 Å². The van der Waals surface area contributed by atoms with E-state index in [1.165, 1.54) is 0 Å². The minimum atomic E-state index is -0.417. The summed E-state index contributed by atoms with van der Waals surface area (Å²) in [6.45, 7) is 0. The standard InChI is InChI=1S/C2H4BO2P/c3-5-2(4)1-6/h1,6H2. The van der Waals surface area contributed by atoms with Gasteiger partial charge in [0.05, 0.1) is 6.16 Å². The first-order valence-electron chi connectivity index (χ1n) is 1.41. The van der Waals surface area contributed by atoms with Gasteiger partial charge in [0.1, 0.15) is 0 Å². The predicted octanol–water partition coefficient (Wildman–Crippen LogP) is -0.512. The Morgan fingerprint density at radius 2 is 2.50 bits per heavy atom. The van der Waals surface area contributed by atoms with E-state index in [9.17, 15) is 4.79 Å². The van der Waals surface area contributed by atoms with E-state index in [1.807, 2.05) is 0 Å². The maximum atomic E-state index is 9.81. The van der Waals surface area contributed by atoms with Gasteiger partial charge in [-0.25, -0.2) is 0 Å². The second-order valence-electron chi connectivity index (χ2n) is 0.694. The smallest absolute Gasteiger partial charge is 0.378 e. The zero-order valence-corrected chi connectivity index (χ0v) is 4.33. The second-order valence-corrected chi connectivity index (χ2v) is 1.10. The Morgan fingerprint density at radius 3 is 2.50 bits per heavy atom. The Balaban J connectivity index is 2.99. The van der Waals surface area contributed by atoms with E-state index in [4.69, 9.17) is 0 Å². The normalized spacial score (nSPS) is 7.50. The molecule has 0 N–H and O–H groups in total. The quantitative estimate of drug-likeness (QED) is 0.329. The molecule has 4 heteroatoms. The van der Waals surface area contributed by atoms with Crippen molar-refractivity contribution in [3.63, 3.8) is 0 Å². The number of carbonyl (C=O) groups is 1. The summed E-state index contributed by atoms with van der Waals surface area (Å²) in [5, 5.41) is 0. The number of carbonyl (C=O) groups excluding carboxylic acids is 1. The molecule has 2 nitrogen and oxygen atoms in total. The lowest BCUT2D eigenvalue weighted by Crippen LogP contribution is -2.00. The van der Waals surface area contributed by atoms with Crippen LogP contribution in [0.3, 0.4) is 0 Å². The predicted molar refractivity (Wildman–Crippen MR) is 26.4 cm³/mol. The van der Waals surface area contributed by atoms with Crippen LogP contribution in [-0.2, 0) is 9.45 Å². The molecule has 0 aliphatic carbocycles. The zero-order valence-electron chi connectivity index (χ0n) is 3.18. The number of hydrogen-bond donors (Lipinski definition) is 0. The lowest BCUT2D eigenvalue weighted by Gasteiger charge is -1.88. The maximum Gasteiger partial charge on any atom is 0.378 e. The zero-order chi connectivity index (χ0) is 4.99. The first-order chi connectivity index (χ1) is 2.81. The van der Waals surface area contributed by atoms with Crippen LogP contribution in [0.25, 0.3) is 0 Å². The largest absolute Gasteiger partial charge is 0.543 e. The molecule has 0 aromatic carbocycles. The van der Waals surface area contributed by atoms with Crippen molar-refractivity contribution in [1.29, 1.82) is 0 Å². The van der Waals surface area contributed by atoms with Crippen molar-refractivity contribution in [2.24, 2.45) is 0 Å².